The lowest BCUT2D eigenvalue weighted by molar-refractivity contribution is 0.196. The molecule has 0 saturated carbocycles. The molecule has 0 bridgehead atoms. The van der Waals surface area contributed by atoms with Crippen LogP contribution in [0.2, 0.25) is 0 Å². The summed E-state index contributed by atoms with van der Waals surface area (Å²) >= 11 is 0. The number of aryl methyl sites for hydroxylation is 2. The van der Waals surface area contributed by atoms with Crippen molar-refractivity contribution in [3.63, 3.8) is 0 Å². The Labute approximate surface area is 110 Å². The molecule has 1 unspecified atom stereocenters. The first-order chi connectivity index (χ1) is 8.25. The Bertz CT molecular complexity index is 384. The minimum atomic E-state index is -0.494. The van der Waals surface area contributed by atoms with E-state index in [0.29, 0.717) is 6.54 Å². The van der Waals surface area contributed by atoms with Gasteiger partial charge in [0.1, 0.15) is 0 Å². The molecule has 0 spiro atoms. The number of benzene rings is 1. The van der Waals surface area contributed by atoms with Gasteiger partial charge in [-0.25, -0.2) is 0 Å². The summed E-state index contributed by atoms with van der Waals surface area (Å²) < 4.78 is 0. The molecular weight excluding hydrogens is 224 g/mol. The Balaban J connectivity index is 2.95. The van der Waals surface area contributed by atoms with Crippen molar-refractivity contribution in [3.8, 4) is 0 Å². The van der Waals surface area contributed by atoms with E-state index in [1.165, 1.54) is 16.7 Å². The van der Waals surface area contributed by atoms with Gasteiger partial charge in [-0.05, 0) is 36.0 Å². The minimum absolute atomic E-state index is 0.158. The van der Waals surface area contributed by atoms with Crippen molar-refractivity contribution in [2.75, 3.05) is 18.4 Å². The molecule has 0 aliphatic rings. The normalized spacial score (nSPS) is 13.5. The van der Waals surface area contributed by atoms with E-state index in [1.807, 2.05) is 0 Å². The maximum absolute atomic E-state index is 9.50. The van der Waals surface area contributed by atoms with E-state index < -0.39 is 6.10 Å². The van der Waals surface area contributed by atoms with E-state index >= 15 is 0 Å². The van der Waals surface area contributed by atoms with Gasteiger partial charge in [-0.3, -0.25) is 0 Å². The van der Waals surface area contributed by atoms with Crippen molar-refractivity contribution in [3.05, 3.63) is 28.8 Å². The third-order valence-electron chi connectivity index (χ3n) is 3.19. The number of hydrogen-bond acceptors (Lipinski definition) is 3. The second kappa shape index (κ2) is 5.72. The fourth-order valence-electron chi connectivity index (χ4n) is 1.98. The maximum Gasteiger partial charge on any atom is 0.0834 e. The summed E-state index contributed by atoms with van der Waals surface area (Å²) in [4.78, 5) is 0. The van der Waals surface area contributed by atoms with Gasteiger partial charge in [-0.15, -0.1) is 0 Å². The average molecular weight is 250 g/mol. The van der Waals surface area contributed by atoms with Crippen LogP contribution in [0.15, 0.2) is 12.1 Å². The molecule has 1 rings (SSSR count). The molecule has 0 radical (unpaired) electrons. The molecule has 4 N–H and O–H groups in total. The predicted molar refractivity (Wildman–Crippen MR) is 78.2 cm³/mol. The zero-order valence-corrected chi connectivity index (χ0v) is 12.2. The molecule has 1 aromatic rings. The van der Waals surface area contributed by atoms with Gasteiger partial charge in [0, 0.05) is 18.8 Å². The molecule has 1 atom stereocenters. The topological polar surface area (TPSA) is 58.3 Å². The standard InChI is InChI=1S/C15H26N2O/c1-10-6-12(15(3,4)5)7-11(2)14(10)17-9-13(18)8-16/h6-7,13,17-18H,8-9,16H2,1-5H3. The first-order valence-electron chi connectivity index (χ1n) is 6.49. The minimum Gasteiger partial charge on any atom is -0.390 e. The van der Waals surface area contributed by atoms with Gasteiger partial charge in [0.25, 0.3) is 0 Å². The predicted octanol–water partition coefficient (Wildman–Crippen LogP) is 2.33. The molecule has 0 aliphatic heterocycles. The van der Waals surface area contributed by atoms with E-state index in [2.05, 4.69) is 52.1 Å². The zero-order chi connectivity index (χ0) is 13.9. The first kappa shape index (κ1) is 15.0. The third-order valence-corrected chi connectivity index (χ3v) is 3.19. The van der Waals surface area contributed by atoms with Crippen molar-refractivity contribution >= 4 is 5.69 Å². The third kappa shape index (κ3) is 3.72. The van der Waals surface area contributed by atoms with Crippen molar-refractivity contribution in [1.82, 2.24) is 0 Å². The number of nitrogens with one attached hydrogen (secondary N) is 1. The van der Waals surface area contributed by atoms with Gasteiger partial charge < -0.3 is 16.2 Å². The lowest BCUT2D eigenvalue weighted by Gasteiger charge is -2.23. The van der Waals surface area contributed by atoms with Crippen LogP contribution in [0.4, 0.5) is 5.69 Å². The van der Waals surface area contributed by atoms with Crippen LogP contribution >= 0.6 is 0 Å². The highest BCUT2D eigenvalue weighted by molar-refractivity contribution is 5.59. The van der Waals surface area contributed by atoms with Crippen molar-refractivity contribution in [2.24, 2.45) is 5.73 Å². The second-order valence-electron chi connectivity index (χ2n) is 6.01. The van der Waals surface area contributed by atoms with E-state index in [0.717, 1.165) is 5.69 Å². The molecular formula is C15H26N2O. The van der Waals surface area contributed by atoms with Crippen molar-refractivity contribution in [1.29, 1.82) is 0 Å². The van der Waals surface area contributed by atoms with Crippen LogP contribution in [0.5, 0.6) is 0 Å². The number of nitrogens with two attached hydrogens (primary N) is 1. The van der Waals surface area contributed by atoms with E-state index in [9.17, 15) is 5.11 Å². The molecule has 18 heavy (non-hydrogen) atoms. The second-order valence-corrected chi connectivity index (χ2v) is 6.01. The molecule has 1 aromatic carbocycles. The molecule has 0 saturated heterocycles. The van der Waals surface area contributed by atoms with E-state index in [4.69, 9.17) is 5.73 Å². The number of rotatable bonds is 4. The Morgan fingerprint density at radius 3 is 2.11 bits per heavy atom. The van der Waals surface area contributed by atoms with Crippen LogP contribution in [-0.2, 0) is 5.41 Å². The van der Waals surface area contributed by atoms with Crippen LogP contribution in [0, 0.1) is 13.8 Å². The first-order valence-corrected chi connectivity index (χ1v) is 6.49. The highest BCUT2D eigenvalue weighted by atomic mass is 16.3. The average Bonchev–Trinajstić information content (AvgIpc) is 2.26. The smallest absolute Gasteiger partial charge is 0.0834 e. The molecule has 0 heterocycles. The van der Waals surface area contributed by atoms with Gasteiger partial charge in [0.15, 0.2) is 0 Å². The lowest BCUT2D eigenvalue weighted by Crippen LogP contribution is -2.28. The summed E-state index contributed by atoms with van der Waals surface area (Å²) in [5.41, 5.74) is 10.4. The van der Waals surface area contributed by atoms with Gasteiger partial charge in [0.05, 0.1) is 6.10 Å². The van der Waals surface area contributed by atoms with Gasteiger partial charge in [-0.1, -0.05) is 32.9 Å². The van der Waals surface area contributed by atoms with Crippen LogP contribution < -0.4 is 11.1 Å². The van der Waals surface area contributed by atoms with Crippen LogP contribution in [0.1, 0.15) is 37.5 Å². The van der Waals surface area contributed by atoms with Gasteiger partial charge in [-0.2, -0.15) is 0 Å². The van der Waals surface area contributed by atoms with Crippen LogP contribution in [-0.4, -0.2) is 24.3 Å². The number of aliphatic hydroxyl groups excluding tert-OH is 1. The summed E-state index contributed by atoms with van der Waals surface area (Å²) in [6.45, 7) is 11.6. The van der Waals surface area contributed by atoms with Crippen molar-refractivity contribution < 1.29 is 5.11 Å². The Kier molecular flexibility index (Phi) is 4.77. The molecule has 102 valence electrons. The summed E-state index contributed by atoms with van der Waals surface area (Å²) in [5, 5.41) is 12.8. The Morgan fingerprint density at radius 2 is 1.72 bits per heavy atom. The summed E-state index contributed by atoms with van der Waals surface area (Å²) in [5.74, 6) is 0. The van der Waals surface area contributed by atoms with Crippen molar-refractivity contribution in [2.45, 2.75) is 46.1 Å². The molecule has 0 amide bonds. The SMILES string of the molecule is Cc1cc(C(C)(C)C)cc(C)c1NCC(O)CN. The number of hydrogen-bond donors (Lipinski definition) is 3. The molecule has 0 fully saturated rings. The summed E-state index contributed by atoms with van der Waals surface area (Å²) in [6, 6.07) is 4.42. The number of anilines is 1. The molecule has 3 nitrogen and oxygen atoms in total. The Morgan fingerprint density at radius 1 is 1.22 bits per heavy atom. The monoisotopic (exact) mass is 250 g/mol. The van der Waals surface area contributed by atoms with E-state index in [1.54, 1.807) is 0 Å². The zero-order valence-electron chi connectivity index (χ0n) is 12.2. The van der Waals surface area contributed by atoms with Gasteiger partial charge in [0.2, 0.25) is 0 Å². The summed E-state index contributed by atoms with van der Waals surface area (Å²) in [6.07, 6.45) is -0.494. The molecule has 0 aromatic heterocycles. The highest BCUT2D eigenvalue weighted by Crippen LogP contribution is 2.29. The summed E-state index contributed by atoms with van der Waals surface area (Å²) in [7, 11) is 0. The molecule has 3 heteroatoms. The molecule has 0 aliphatic carbocycles. The Hall–Kier alpha value is -1.06. The number of aliphatic hydroxyl groups is 1. The van der Waals surface area contributed by atoms with Gasteiger partial charge >= 0.3 is 0 Å². The van der Waals surface area contributed by atoms with Crippen LogP contribution in [0.3, 0.4) is 0 Å². The van der Waals surface area contributed by atoms with Crippen LogP contribution in [0.25, 0.3) is 0 Å². The largest absolute Gasteiger partial charge is 0.390 e. The fraction of sp³-hybridized carbons (Fsp3) is 0.600. The lowest BCUT2D eigenvalue weighted by atomic mass is 9.85. The quantitative estimate of drug-likeness (QED) is 0.768. The van der Waals surface area contributed by atoms with E-state index in [-0.39, 0.29) is 12.0 Å². The fourth-order valence-corrected chi connectivity index (χ4v) is 1.98. The maximum atomic E-state index is 9.50. The highest BCUT2D eigenvalue weighted by Gasteiger charge is 2.16.